The molecule has 1 aliphatic rings. The highest BCUT2D eigenvalue weighted by Crippen LogP contribution is 2.39. The summed E-state index contributed by atoms with van der Waals surface area (Å²) in [5.74, 6) is -0.542. The Bertz CT molecular complexity index is 846. The molecule has 0 saturated carbocycles. The third-order valence-electron chi connectivity index (χ3n) is 3.52. The van der Waals surface area contributed by atoms with Crippen LogP contribution in [-0.4, -0.2) is 10.9 Å². The molecule has 1 atom stereocenters. The van der Waals surface area contributed by atoms with Gasteiger partial charge < -0.3 is 16.8 Å². The Kier molecular flexibility index (Phi) is 3.33. The Balaban J connectivity index is 2.35. The summed E-state index contributed by atoms with van der Waals surface area (Å²) in [7, 11) is 0. The summed E-state index contributed by atoms with van der Waals surface area (Å²) in [4.78, 5) is 16.1. The number of halogens is 2. The standard InChI is InChI=1S/C14H9BrClN5O/c15-7-3-1-6(2-4-7)14(19)10-8(5-17)11(16)20-12(18)9(10)13(22)21-14/h1-4H,19H2,(H2,18,20)(H,21,22). The molecule has 110 valence electrons. The van der Waals surface area contributed by atoms with E-state index in [0.717, 1.165) is 4.47 Å². The maximum absolute atomic E-state index is 12.2. The first-order valence-electron chi connectivity index (χ1n) is 6.15. The van der Waals surface area contributed by atoms with Gasteiger partial charge in [0.15, 0.2) is 0 Å². The Morgan fingerprint density at radius 1 is 1.36 bits per heavy atom. The average molecular weight is 379 g/mol. The first kappa shape index (κ1) is 14.8. The Morgan fingerprint density at radius 2 is 2.00 bits per heavy atom. The minimum absolute atomic E-state index is 0.0367. The number of nitriles is 1. The first-order valence-corrected chi connectivity index (χ1v) is 7.32. The Labute approximate surface area is 139 Å². The number of fused-ring (bicyclic) bond motifs is 1. The number of nitrogens with one attached hydrogen (secondary N) is 1. The number of nitrogens with zero attached hydrogens (tertiary/aromatic N) is 2. The number of benzene rings is 1. The van der Waals surface area contributed by atoms with Crippen molar-refractivity contribution in [1.29, 1.82) is 5.26 Å². The predicted octanol–water partition coefficient (Wildman–Crippen LogP) is 1.85. The van der Waals surface area contributed by atoms with E-state index in [0.29, 0.717) is 5.56 Å². The molecule has 0 bridgehead atoms. The molecule has 0 fully saturated rings. The van der Waals surface area contributed by atoms with Gasteiger partial charge in [-0.25, -0.2) is 4.98 Å². The molecule has 1 unspecified atom stereocenters. The maximum Gasteiger partial charge on any atom is 0.257 e. The molecule has 3 rings (SSSR count). The molecule has 1 aromatic heterocycles. The third kappa shape index (κ3) is 1.96. The van der Waals surface area contributed by atoms with Crippen LogP contribution in [0.4, 0.5) is 5.82 Å². The van der Waals surface area contributed by atoms with E-state index in [1.165, 1.54) is 0 Å². The Morgan fingerprint density at radius 3 is 2.59 bits per heavy atom. The lowest BCUT2D eigenvalue weighted by Gasteiger charge is -2.27. The average Bonchev–Trinajstić information content (AvgIpc) is 2.73. The number of hydrogen-bond acceptors (Lipinski definition) is 5. The topological polar surface area (TPSA) is 118 Å². The van der Waals surface area contributed by atoms with E-state index in [1.54, 1.807) is 24.3 Å². The second kappa shape index (κ2) is 4.95. The van der Waals surface area contributed by atoms with E-state index in [-0.39, 0.29) is 27.7 Å². The molecule has 0 aliphatic carbocycles. The third-order valence-corrected chi connectivity index (χ3v) is 4.33. The van der Waals surface area contributed by atoms with Crippen molar-refractivity contribution in [3.8, 4) is 6.07 Å². The zero-order valence-electron chi connectivity index (χ0n) is 11.0. The van der Waals surface area contributed by atoms with Crippen LogP contribution in [0.1, 0.15) is 27.0 Å². The van der Waals surface area contributed by atoms with E-state index in [2.05, 4.69) is 26.2 Å². The lowest BCUT2D eigenvalue weighted by molar-refractivity contribution is 0.0942. The van der Waals surface area contributed by atoms with Gasteiger partial charge in [0.25, 0.3) is 5.91 Å². The second-order valence-electron chi connectivity index (χ2n) is 4.79. The van der Waals surface area contributed by atoms with Crippen molar-refractivity contribution in [3.63, 3.8) is 0 Å². The Hall–Kier alpha value is -2.14. The van der Waals surface area contributed by atoms with Gasteiger partial charge in [-0.1, -0.05) is 39.7 Å². The van der Waals surface area contributed by atoms with Crippen molar-refractivity contribution in [1.82, 2.24) is 10.3 Å². The quantitative estimate of drug-likeness (QED) is 0.655. The van der Waals surface area contributed by atoms with E-state index in [4.69, 9.17) is 23.1 Å². The summed E-state index contributed by atoms with van der Waals surface area (Å²) in [6.07, 6.45) is 0. The van der Waals surface area contributed by atoms with Crippen LogP contribution in [0.15, 0.2) is 28.7 Å². The second-order valence-corrected chi connectivity index (χ2v) is 6.07. The number of nitrogens with two attached hydrogens (primary N) is 2. The van der Waals surface area contributed by atoms with Crippen LogP contribution in [0.3, 0.4) is 0 Å². The molecule has 1 aromatic carbocycles. The van der Waals surface area contributed by atoms with Crippen LogP contribution >= 0.6 is 27.5 Å². The molecule has 0 radical (unpaired) electrons. The predicted molar refractivity (Wildman–Crippen MR) is 85.0 cm³/mol. The summed E-state index contributed by atoms with van der Waals surface area (Å²) in [6, 6.07) is 9.00. The lowest BCUT2D eigenvalue weighted by atomic mass is 9.90. The lowest BCUT2D eigenvalue weighted by Crippen LogP contribution is -2.49. The van der Waals surface area contributed by atoms with Gasteiger partial charge in [0.1, 0.15) is 22.7 Å². The van der Waals surface area contributed by atoms with Crippen LogP contribution in [0, 0.1) is 11.3 Å². The van der Waals surface area contributed by atoms with Crippen molar-refractivity contribution >= 4 is 39.3 Å². The van der Waals surface area contributed by atoms with E-state index >= 15 is 0 Å². The van der Waals surface area contributed by atoms with E-state index < -0.39 is 11.6 Å². The number of nitrogen functional groups attached to an aromatic ring is 1. The number of carbonyl (C=O) groups excluding carboxylic acids is 1. The number of aromatic nitrogens is 1. The maximum atomic E-state index is 12.2. The van der Waals surface area contributed by atoms with Crippen molar-refractivity contribution in [2.75, 3.05) is 5.73 Å². The minimum atomic E-state index is -1.39. The van der Waals surface area contributed by atoms with Crippen molar-refractivity contribution in [3.05, 3.63) is 56.1 Å². The fraction of sp³-hybridized carbons (Fsp3) is 0.0714. The highest BCUT2D eigenvalue weighted by atomic mass is 79.9. The molecule has 6 nitrogen and oxygen atoms in total. The highest BCUT2D eigenvalue weighted by Gasteiger charge is 2.45. The van der Waals surface area contributed by atoms with Crippen LogP contribution in [0.25, 0.3) is 0 Å². The molecule has 2 aromatic rings. The van der Waals surface area contributed by atoms with Crippen molar-refractivity contribution in [2.45, 2.75) is 5.66 Å². The number of rotatable bonds is 1. The monoisotopic (exact) mass is 377 g/mol. The molecule has 5 N–H and O–H groups in total. The van der Waals surface area contributed by atoms with Crippen LogP contribution < -0.4 is 16.8 Å². The molecule has 0 spiro atoms. The van der Waals surface area contributed by atoms with Gasteiger partial charge in [-0.05, 0) is 17.7 Å². The van der Waals surface area contributed by atoms with Gasteiger partial charge in [-0.2, -0.15) is 5.26 Å². The summed E-state index contributed by atoms with van der Waals surface area (Å²) >= 11 is 9.32. The molecule has 0 saturated heterocycles. The van der Waals surface area contributed by atoms with Crippen LogP contribution in [0.5, 0.6) is 0 Å². The molecule has 2 heterocycles. The summed E-state index contributed by atoms with van der Waals surface area (Å²) in [6.45, 7) is 0. The fourth-order valence-electron chi connectivity index (χ4n) is 2.53. The van der Waals surface area contributed by atoms with Crippen molar-refractivity contribution < 1.29 is 4.79 Å². The van der Waals surface area contributed by atoms with Crippen molar-refractivity contribution in [2.24, 2.45) is 5.73 Å². The first-order chi connectivity index (χ1) is 10.4. The number of anilines is 1. The molecular formula is C14H9BrClN5O. The summed E-state index contributed by atoms with van der Waals surface area (Å²) < 4.78 is 0.858. The number of pyridine rings is 1. The van der Waals surface area contributed by atoms with Gasteiger partial charge in [-0.3, -0.25) is 4.79 Å². The number of amides is 1. The van der Waals surface area contributed by atoms with E-state index in [9.17, 15) is 10.1 Å². The fourth-order valence-corrected chi connectivity index (χ4v) is 3.03. The van der Waals surface area contributed by atoms with Gasteiger partial charge in [-0.15, -0.1) is 0 Å². The van der Waals surface area contributed by atoms with Gasteiger partial charge in [0.2, 0.25) is 0 Å². The molecule has 1 aliphatic heterocycles. The molecule has 1 amide bonds. The van der Waals surface area contributed by atoms with Gasteiger partial charge in [0, 0.05) is 10.0 Å². The van der Waals surface area contributed by atoms with Crippen LogP contribution in [0.2, 0.25) is 5.15 Å². The highest BCUT2D eigenvalue weighted by molar-refractivity contribution is 9.10. The molecule has 22 heavy (non-hydrogen) atoms. The smallest absolute Gasteiger partial charge is 0.257 e. The molecular weight excluding hydrogens is 370 g/mol. The van der Waals surface area contributed by atoms with Gasteiger partial charge >= 0.3 is 0 Å². The largest absolute Gasteiger partial charge is 0.383 e. The number of hydrogen-bond donors (Lipinski definition) is 3. The number of carbonyl (C=O) groups is 1. The van der Waals surface area contributed by atoms with Crippen LogP contribution in [-0.2, 0) is 5.66 Å². The zero-order chi connectivity index (χ0) is 16.1. The molecule has 8 heteroatoms. The minimum Gasteiger partial charge on any atom is -0.383 e. The SMILES string of the molecule is N#Cc1c(Cl)nc(N)c2c1C(N)(c1ccc(Br)cc1)NC2=O. The summed E-state index contributed by atoms with van der Waals surface area (Å²) in [5.41, 5.74) is 11.8. The van der Waals surface area contributed by atoms with E-state index in [1.807, 2.05) is 6.07 Å². The summed E-state index contributed by atoms with van der Waals surface area (Å²) in [5, 5.41) is 12.0. The normalized spacial score (nSPS) is 19.5. The zero-order valence-corrected chi connectivity index (χ0v) is 13.4. The van der Waals surface area contributed by atoms with Gasteiger partial charge in [0.05, 0.1) is 11.1 Å².